The molecule has 2 aliphatic rings. The number of methoxy groups -OCH3 is 1. The highest BCUT2D eigenvalue weighted by molar-refractivity contribution is 7.14. The molecule has 1 aliphatic heterocycles. The van der Waals surface area contributed by atoms with Crippen LogP contribution >= 0.6 is 11.3 Å². The maximum atomic E-state index is 13.1. The third-order valence-corrected chi connectivity index (χ3v) is 8.19. The Bertz CT molecular complexity index is 1180. The minimum absolute atomic E-state index is 0. The van der Waals surface area contributed by atoms with Gasteiger partial charge in [0.2, 0.25) is 0 Å². The minimum atomic E-state index is -0.204. The summed E-state index contributed by atoms with van der Waals surface area (Å²) in [6, 6.07) is 6.00. The lowest BCUT2D eigenvalue weighted by atomic mass is 9.85. The molecule has 182 valence electrons. The van der Waals surface area contributed by atoms with Crippen molar-refractivity contribution in [1.82, 2.24) is 25.1 Å². The fourth-order valence-corrected chi connectivity index (χ4v) is 5.57. The average Bonchev–Trinajstić information content (AvgIpc) is 3.33. The van der Waals surface area contributed by atoms with Crippen molar-refractivity contribution < 1.29 is 6.16 Å². The number of pyridine rings is 2. The molecular weight excluding hydrogens is 448 g/mol. The zero-order valence-electron chi connectivity index (χ0n) is 19.8. The Morgan fingerprint density at radius 3 is 2.88 bits per heavy atom. The largest absolute Gasteiger partial charge is 0.495 e. The summed E-state index contributed by atoms with van der Waals surface area (Å²) in [4.78, 5) is 19.6. The van der Waals surface area contributed by atoms with Gasteiger partial charge in [0.05, 0.1) is 19.3 Å². The zero-order chi connectivity index (χ0) is 23.5. The van der Waals surface area contributed by atoms with E-state index in [4.69, 9.17) is 4.74 Å². The number of hydrogen-bond acceptors (Lipinski definition) is 8. The van der Waals surface area contributed by atoms with Crippen LogP contribution in [-0.2, 0) is 0 Å². The highest BCUT2D eigenvalue weighted by atomic mass is 32.1. The standard InChI is InChI=1S/C25H32N6O2S.H2/c1-17(24-28-29-25(34-24)19-11-22(33-2)15-26-14-19)31-10-8-21(12-23(31)32)30-9-4-7-20(16-30)27-13-18-5-3-6-18;/h8,10-12,14-15,17-18,20,27H,3-7,9,13,16H2,1-2H3;1H/t17?,20-;/m1./s1. The number of aromatic nitrogens is 4. The number of anilines is 1. The van der Waals surface area contributed by atoms with Gasteiger partial charge < -0.3 is 19.5 Å². The summed E-state index contributed by atoms with van der Waals surface area (Å²) >= 11 is 1.47. The Balaban J connectivity index is 0.00000289. The second-order valence-electron chi connectivity index (χ2n) is 9.36. The first-order valence-electron chi connectivity index (χ1n) is 12.1. The van der Waals surface area contributed by atoms with E-state index in [-0.39, 0.29) is 13.0 Å². The first kappa shape index (κ1) is 23.0. The van der Waals surface area contributed by atoms with Gasteiger partial charge in [-0.3, -0.25) is 9.78 Å². The van der Waals surface area contributed by atoms with Crippen molar-refractivity contribution in [3.8, 4) is 16.3 Å². The number of piperidine rings is 1. The van der Waals surface area contributed by atoms with E-state index in [2.05, 4.69) is 31.5 Å². The maximum Gasteiger partial charge on any atom is 0.253 e. The predicted molar refractivity (Wildman–Crippen MR) is 137 cm³/mol. The molecule has 9 heteroatoms. The van der Waals surface area contributed by atoms with Crippen molar-refractivity contribution in [1.29, 1.82) is 0 Å². The third kappa shape index (κ3) is 5.00. The molecule has 5 rings (SSSR count). The molecule has 3 aromatic heterocycles. The lowest BCUT2D eigenvalue weighted by molar-refractivity contribution is 0.280. The van der Waals surface area contributed by atoms with Crippen LogP contribution in [0.15, 0.2) is 41.6 Å². The van der Waals surface area contributed by atoms with Crippen LogP contribution in [0.25, 0.3) is 10.6 Å². The fourth-order valence-electron chi connectivity index (χ4n) is 4.69. The molecule has 1 aliphatic carbocycles. The second-order valence-corrected chi connectivity index (χ2v) is 10.4. The quantitative estimate of drug-likeness (QED) is 0.520. The summed E-state index contributed by atoms with van der Waals surface area (Å²) in [5.41, 5.74) is 1.84. The molecule has 1 unspecified atom stereocenters. The van der Waals surface area contributed by atoms with Crippen LogP contribution in [0.2, 0.25) is 0 Å². The van der Waals surface area contributed by atoms with Crippen LogP contribution in [0, 0.1) is 5.92 Å². The van der Waals surface area contributed by atoms with Crippen LogP contribution in [0.5, 0.6) is 5.75 Å². The highest BCUT2D eigenvalue weighted by Gasteiger charge is 2.24. The summed E-state index contributed by atoms with van der Waals surface area (Å²) < 4.78 is 6.99. The lowest BCUT2D eigenvalue weighted by Gasteiger charge is -2.36. The Hall–Kier alpha value is -2.78. The van der Waals surface area contributed by atoms with Gasteiger partial charge >= 0.3 is 0 Å². The number of rotatable bonds is 8. The van der Waals surface area contributed by atoms with Crippen molar-refractivity contribution in [2.24, 2.45) is 5.92 Å². The topological polar surface area (TPSA) is 85.2 Å². The molecule has 3 aromatic rings. The molecule has 34 heavy (non-hydrogen) atoms. The number of ether oxygens (including phenoxy) is 1. The van der Waals surface area contributed by atoms with Crippen LogP contribution in [-0.4, -0.2) is 52.5 Å². The Morgan fingerprint density at radius 1 is 1.24 bits per heavy atom. The van der Waals surface area contributed by atoms with E-state index < -0.39 is 0 Å². The van der Waals surface area contributed by atoms with Gasteiger partial charge in [-0.1, -0.05) is 17.8 Å². The molecule has 2 fully saturated rings. The number of nitrogens with zero attached hydrogens (tertiary/aromatic N) is 5. The van der Waals surface area contributed by atoms with Gasteiger partial charge in [0.1, 0.15) is 15.8 Å². The van der Waals surface area contributed by atoms with E-state index in [1.807, 2.05) is 19.2 Å². The van der Waals surface area contributed by atoms with E-state index in [9.17, 15) is 4.79 Å². The van der Waals surface area contributed by atoms with Crippen molar-refractivity contribution in [3.05, 3.63) is 52.2 Å². The molecule has 0 spiro atoms. The normalized spacial score (nSPS) is 19.6. The van der Waals surface area contributed by atoms with Crippen molar-refractivity contribution in [2.45, 2.75) is 51.1 Å². The van der Waals surface area contributed by atoms with Gasteiger partial charge in [-0.2, -0.15) is 0 Å². The molecular formula is C25H34N6O2S. The van der Waals surface area contributed by atoms with Gasteiger partial charge in [0.25, 0.3) is 5.56 Å². The summed E-state index contributed by atoms with van der Waals surface area (Å²) in [5.74, 6) is 1.54. The molecule has 2 atom stereocenters. The van der Waals surface area contributed by atoms with E-state index in [1.54, 1.807) is 30.1 Å². The summed E-state index contributed by atoms with van der Waals surface area (Å²) in [5, 5.41) is 14.0. The summed E-state index contributed by atoms with van der Waals surface area (Å²) in [6.07, 6.45) is 11.8. The molecule has 0 amide bonds. The summed E-state index contributed by atoms with van der Waals surface area (Å²) in [6.45, 7) is 5.07. The fraction of sp³-hybridized carbons (Fsp3) is 0.520. The Labute approximate surface area is 205 Å². The monoisotopic (exact) mass is 482 g/mol. The molecule has 8 nitrogen and oxygen atoms in total. The first-order valence-corrected chi connectivity index (χ1v) is 13.0. The van der Waals surface area contributed by atoms with Crippen molar-refractivity contribution in [3.63, 3.8) is 0 Å². The van der Waals surface area contributed by atoms with E-state index in [0.717, 1.165) is 53.2 Å². The smallest absolute Gasteiger partial charge is 0.253 e. The summed E-state index contributed by atoms with van der Waals surface area (Å²) in [7, 11) is 1.61. The zero-order valence-corrected chi connectivity index (χ0v) is 20.6. The lowest BCUT2D eigenvalue weighted by Crippen LogP contribution is -2.47. The molecule has 1 saturated carbocycles. The molecule has 4 heterocycles. The number of hydrogen-bond donors (Lipinski definition) is 1. The van der Waals surface area contributed by atoms with Gasteiger partial charge in [-0.15, -0.1) is 10.2 Å². The minimum Gasteiger partial charge on any atom is -0.495 e. The van der Waals surface area contributed by atoms with Crippen LogP contribution in [0.3, 0.4) is 0 Å². The number of nitrogens with one attached hydrogen (secondary N) is 1. The van der Waals surface area contributed by atoms with Gasteiger partial charge in [0, 0.05) is 50.3 Å². The first-order chi connectivity index (χ1) is 16.6. The van der Waals surface area contributed by atoms with Crippen LogP contribution < -0.4 is 20.5 Å². The van der Waals surface area contributed by atoms with Gasteiger partial charge in [-0.25, -0.2) is 0 Å². The molecule has 1 saturated heterocycles. The molecule has 0 aromatic carbocycles. The van der Waals surface area contributed by atoms with Crippen LogP contribution in [0.4, 0.5) is 5.69 Å². The SMILES string of the molecule is COc1cncc(-c2nnc(C(C)n3ccc(N4CCC[C@@H](NCC5CCC5)C4)cc3=O)s2)c1.[HH]. The third-order valence-electron chi connectivity index (χ3n) is 7.05. The van der Waals surface area contributed by atoms with Gasteiger partial charge in [0.15, 0.2) is 0 Å². The predicted octanol–water partition coefficient (Wildman–Crippen LogP) is 3.98. The molecule has 0 radical (unpaired) electrons. The van der Waals surface area contributed by atoms with E-state index in [0.29, 0.717) is 11.8 Å². The van der Waals surface area contributed by atoms with E-state index >= 15 is 0 Å². The second kappa shape index (κ2) is 10.2. The van der Waals surface area contributed by atoms with E-state index in [1.165, 1.54) is 37.0 Å². The van der Waals surface area contributed by atoms with Gasteiger partial charge in [-0.05, 0) is 57.2 Å². The Kier molecular flexibility index (Phi) is 6.92. The van der Waals surface area contributed by atoms with Crippen molar-refractivity contribution in [2.75, 3.05) is 31.6 Å². The molecule has 0 bridgehead atoms. The molecule has 1 N–H and O–H groups in total. The van der Waals surface area contributed by atoms with Crippen LogP contribution in [0.1, 0.15) is 51.5 Å². The Morgan fingerprint density at radius 2 is 2.12 bits per heavy atom. The highest BCUT2D eigenvalue weighted by Crippen LogP contribution is 2.30. The average molecular weight is 483 g/mol. The van der Waals surface area contributed by atoms with Crippen molar-refractivity contribution >= 4 is 17.0 Å². The maximum absolute atomic E-state index is 13.1.